The van der Waals surface area contributed by atoms with E-state index in [4.69, 9.17) is 10.5 Å². The molecule has 1 saturated carbocycles. The van der Waals surface area contributed by atoms with Crippen molar-refractivity contribution in [2.45, 2.75) is 44.4 Å². The van der Waals surface area contributed by atoms with Gasteiger partial charge in [-0.2, -0.15) is 0 Å². The van der Waals surface area contributed by atoms with Crippen LogP contribution in [-0.4, -0.2) is 32.4 Å². The molecule has 3 heterocycles. The van der Waals surface area contributed by atoms with Crippen molar-refractivity contribution in [2.24, 2.45) is 11.8 Å². The molecule has 0 radical (unpaired) electrons. The van der Waals surface area contributed by atoms with Crippen LogP contribution < -0.4 is 5.73 Å². The van der Waals surface area contributed by atoms with Gasteiger partial charge in [-0.1, -0.05) is 24.3 Å². The molecule has 1 aliphatic carbocycles. The lowest BCUT2D eigenvalue weighted by molar-refractivity contribution is -0.00773. The van der Waals surface area contributed by atoms with Gasteiger partial charge in [-0.3, -0.25) is 4.98 Å². The summed E-state index contributed by atoms with van der Waals surface area (Å²) in [5.41, 5.74) is 11.2. The van der Waals surface area contributed by atoms with Crippen LogP contribution in [0.25, 0.3) is 11.3 Å². The van der Waals surface area contributed by atoms with Crippen molar-refractivity contribution in [3.05, 3.63) is 66.4 Å². The van der Waals surface area contributed by atoms with Gasteiger partial charge < -0.3 is 20.1 Å². The second-order valence-corrected chi connectivity index (χ2v) is 8.45. The van der Waals surface area contributed by atoms with Gasteiger partial charge in [-0.25, -0.2) is 4.98 Å². The number of ether oxygens (including phenoxy) is 1. The van der Waals surface area contributed by atoms with E-state index in [0.717, 1.165) is 37.1 Å². The Bertz CT molecular complexity index is 1010. The number of anilines is 1. The molecule has 0 bridgehead atoms. The Morgan fingerprint density at radius 3 is 2.77 bits per heavy atom. The third-order valence-corrected chi connectivity index (χ3v) is 6.84. The number of pyridine rings is 1. The summed E-state index contributed by atoms with van der Waals surface area (Å²) < 4.78 is 8.36. The molecule has 2 aliphatic rings. The lowest BCUT2D eigenvalue weighted by Crippen LogP contribution is -2.33. The summed E-state index contributed by atoms with van der Waals surface area (Å²) in [5.74, 6) is 0.634. The third-order valence-electron chi connectivity index (χ3n) is 6.84. The Morgan fingerprint density at radius 2 is 1.97 bits per heavy atom. The van der Waals surface area contributed by atoms with Crippen molar-refractivity contribution in [1.82, 2.24) is 14.5 Å². The van der Waals surface area contributed by atoms with Gasteiger partial charge in [0, 0.05) is 24.3 Å². The van der Waals surface area contributed by atoms with Crippen LogP contribution in [0.3, 0.4) is 0 Å². The topological polar surface area (TPSA) is 86.2 Å². The molecule has 2 aromatic heterocycles. The fourth-order valence-electron chi connectivity index (χ4n) is 5.27. The number of hydrogen-bond donors (Lipinski definition) is 2. The number of aliphatic hydroxyl groups excluding tert-OH is 1. The second-order valence-electron chi connectivity index (χ2n) is 8.45. The van der Waals surface area contributed by atoms with Gasteiger partial charge in [0.1, 0.15) is 0 Å². The van der Waals surface area contributed by atoms with Crippen molar-refractivity contribution in [1.29, 1.82) is 0 Å². The number of aromatic nitrogens is 3. The highest BCUT2D eigenvalue weighted by Crippen LogP contribution is 2.47. The molecule has 5 rings (SSSR count). The highest BCUT2D eigenvalue weighted by molar-refractivity contribution is 5.69. The Balaban J connectivity index is 1.26. The number of fused-ring (bicyclic) bond motifs is 3. The maximum Gasteiger partial charge on any atom is 0.0956 e. The van der Waals surface area contributed by atoms with E-state index in [1.54, 1.807) is 6.20 Å². The number of imidazole rings is 1. The van der Waals surface area contributed by atoms with Gasteiger partial charge in [0.05, 0.1) is 48.4 Å². The van der Waals surface area contributed by atoms with Gasteiger partial charge in [0.25, 0.3) is 0 Å². The fraction of sp³-hybridized carbons (Fsp3) is 0.417. The molecule has 0 saturated heterocycles. The minimum Gasteiger partial charge on any atom is -0.397 e. The van der Waals surface area contributed by atoms with E-state index in [-0.39, 0.29) is 24.7 Å². The van der Waals surface area contributed by atoms with Crippen LogP contribution in [-0.2, 0) is 11.3 Å². The van der Waals surface area contributed by atoms with Crippen molar-refractivity contribution >= 4 is 5.69 Å². The Morgan fingerprint density at radius 1 is 1.13 bits per heavy atom. The van der Waals surface area contributed by atoms with Crippen LogP contribution in [0.4, 0.5) is 5.69 Å². The van der Waals surface area contributed by atoms with Crippen molar-refractivity contribution < 1.29 is 9.84 Å². The van der Waals surface area contributed by atoms with Gasteiger partial charge >= 0.3 is 0 Å². The number of rotatable bonds is 6. The van der Waals surface area contributed by atoms with E-state index in [9.17, 15) is 5.11 Å². The molecule has 1 aliphatic heterocycles. The highest BCUT2D eigenvalue weighted by atomic mass is 16.5. The molecule has 1 fully saturated rings. The summed E-state index contributed by atoms with van der Waals surface area (Å²) >= 11 is 0. The Hall–Kier alpha value is -2.70. The molecule has 3 aromatic rings. The summed E-state index contributed by atoms with van der Waals surface area (Å²) in [5, 5.41) is 10.4. The largest absolute Gasteiger partial charge is 0.397 e. The number of nitrogen functional groups attached to an aromatic ring is 1. The molecule has 6 heteroatoms. The first-order valence-electron chi connectivity index (χ1n) is 10.8. The fourth-order valence-corrected chi connectivity index (χ4v) is 5.27. The first-order chi connectivity index (χ1) is 14.8. The molecule has 6 nitrogen and oxygen atoms in total. The summed E-state index contributed by atoms with van der Waals surface area (Å²) in [7, 11) is 0. The number of nitrogens with zero attached hydrogens (tertiary/aromatic N) is 3. The zero-order valence-electron chi connectivity index (χ0n) is 17.0. The third kappa shape index (κ3) is 3.40. The normalized spacial score (nSPS) is 23.7. The number of aliphatic hydroxyl groups is 1. The zero-order valence-corrected chi connectivity index (χ0v) is 17.0. The molecule has 0 amide bonds. The zero-order chi connectivity index (χ0) is 20.5. The maximum absolute atomic E-state index is 10.4. The van der Waals surface area contributed by atoms with Crippen molar-refractivity contribution in [3.63, 3.8) is 0 Å². The van der Waals surface area contributed by atoms with E-state index >= 15 is 0 Å². The minimum atomic E-state index is 0.152. The predicted molar refractivity (Wildman–Crippen MR) is 116 cm³/mol. The van der Waals surface area contributed by atoms with E-state index in [0.29, 0.717) is 18.2 Å². The Labute approximate surface area is 176 Å². The minimum absolute atomic E-state index is 0.152. The van der Waals surface area contributed by atoms with Crippen LogP contribution in [0.15, 0.2) is 55.1 Å². The average molecular weight is 405 g/mol. The molecule has 1 aromatic carbocycles. The number of benzene rings is 1. The Kier molecular flexibility index (Phi) is 5.27. The van der Waals surface area contributed by atoms with Crippen LogP contribution >= 0.6 is 0 Å². The molecule has 30 heavy (non-hydrogen) atoms. The molecular weight excluding hydrogens is 376 g/mol. The summed E-state index contributed by atoms with van der Waals surface area (Å²) in [4.78, 5) is 8.69. The van der Waals surface area contributed by atoms with E-state index in [1.807, 2.05) is 24.7 Å². The average Bonchev–Trinajstić information content (AvgIpc) is 3.37. The summed E-state index contributed by atoms with van der Waals surface area (Å²) in [6.07, 6.45) is 9.92. The van der Waals surface area contributed by atoms with E-state index < -0.39 is 0 Å². The highest BCUT2D eigenvalue weighted by Gasteiger charge is 2.39. The molecule has 3 N–H and O–H groups in total. The molecular formula is C24H28N4O2. The van der Waals surface area contributed by atoms with Crippen LogP contribution in [0.2, 0.25) is 0 Å². The van der Waals surface area contributed by atoms with Crippen LogP contribution in [0.5, 0.6) is 0 Å². The monoisotopic (exact) mass is 404 g/mol. The molecule has 156 valence electrons. The number of hydrogen-bond acceptors (Lipinski definition) is 5. The lowest BCUT2D eigenvalue weighted by atomic mass is 9.74. The maximum atomic E-state index is 10.4. The second kappa shape index (κ2) is 8.20. The SMILES string of the molecule is Nc1cccnc1COC1CCC(C(CO)C2c3ccccc3-c3cncn32)CC1. The smallest absolute Gasteiger partial charge is 0.0956 e. The molecule has 2 unspecified atom stereocenters. The van der Waals surface area contributed by atoms with Gasteiger partial charge in [0.2, 0.25) is 0 Å². The van der Waals surface area contributed by atoms with E-state index in [2.05, 4.69) is 38.8 Å². The van der Waals surface area contributed by atoms with Crippen LogP contribution in [0, 0.1) is 11.8 Å². The van der Waals surface area contributed by atoms with Crippen molar-refractivity contribution in [2.75, 3.05) is 12.3 Å². The first-order valence-corrected chi connectivity index (χ1v) is 10.8. The van der Waals surface area contributed by atoms with Crippen molar-refractivity contribution in [3.8, 4) is 11.3 Å². The van der Waals surface area contributed by atoms with Gasteiger partial charge in [-0.15, -0.1) is 0 Å². The van der Waals surface area contributed by atoms with Gasteiger partial charge in [0.15, 0.2) is 0 Å². The van der Waals surface area contributed by atoms with Crippen LogP contribution in [0.1, 0.15) is 43.0 Å². The lowest BCUT2D eigenvalue weighted by Gasteiger charge is -2.36. The molecule has 0 spiro atoms. The van der Waals surface area contributed by atoms with E-state index in [1.165, 1.54) is 11.1 Å². The summed E-state index contributed by atoms with van der Waals surface area (Å²) in [6.45, 7) is 0.636. The predicted octanol–water partition coefficient (Wildman–Crippen LogP) is 3.81. The quantitative estimate of drug-likeness (QED) is 0.652. The number of nitrogens with two attached hydrogens (primary N) is 1. The van der Waals surface area contributed by atoms with Gasteiger partial charge in [-0.05, 0) is 49.3 Å². The molecule has 2 atom stereocenters. The standard InChI is InChI=1S/C24H28N4O2/c25-21-6-3-11-27-22(21)14-30-17-9-7-16(8-10-17)20(13-29)24-19-5-2-1-4-18(19)23-12-26-15-28(23)24/h1-6,11-12,15-17,20,24,29H,7-10,13-14,25H2. The first kappa shape index (κ1) is 19.3. The summed E-state index contributed by atoms with van der Waals surface area (Å²) in [6, 6.07) is 12.4.